The number of H-pyrrole nitrogens is 1. The predicted molar refractivity (Wildman–Crippen MR) is 51.0 cm³/mol. The number of aryl methyl sites for hydroxylation is 1. The lowest BCUT2D eigenvalue weighted by Crippen LogP contribution is -1.87. The van der Waals surface area contributed by atoms with Crippen molar-refractivity contribution in [3.8, 4) is 11.4 Å². The number of nitrogens with zero attached hydrogens (tertiary/aromatic N) is 2. The highest BCUT2D eigenvalue weighted by molar-refractivity contribution is 5.55. The summed E-state index contributed by atoms with van der Waals surface area (Å²) in [6, 6.07) is 3.93. The summed E-state index contributed by atoms with van der Waals surface area (Å²) >= 11 is 0. The lowest BCUT2D eigenvalue weighted by atomic mass is 10.2. The molecule has 2 aromatic rings. The van der Waals surface area contributed by atoms with Crippen molar-refractivity contribution in [2.45, 2.75) is 6.92 Å². The minimum absolute atomic E-state index is 0.415. The molecule has 2 heterocycles. The highest BCUT2D eigenvalue weighted by Gasteiger charge is 2.01. The molecule has 0 aliphatic carbocycles. The number of nitrogens with one attached hydrogen (secondary N) is 1. The average molecular weight is 174 g/mol. The molecule has 0 bridgehead atoms. The molecule has 0 saturated heterocycles. The van der Waals surface area contributed by atoms with Crippen LogP contribution in [0.4, 0.5) is 5.95 Å². The Balaban J connectivity index is 2.46. The predicted octanol–water partition coefficient (Wildman–Crippen LogP) is 1.36. The van der Waals surface area contributed by atoms with Crippen LogP contribution in [0.15, 0.2) is 24.5 Å². The maximum absolute atomic E-state index is 5.46. The third-order valence-electron chi connectivity index (χ3n) is 1.79. The summed E-state index contributed by atoms with van der Waals surface area (Å²) in [7, 11) is 0. The summed E-state index contributed by atoms with van der Waals surface area (Å²) in [5, 5.41) is 0. The largest absolute Gasteiger partial charge is 0.369 e. The van der Waals surface area contributed by atoms with Crippen molar-refractivity contribution < 1.29 is 0 Å². The molecule has 0 saturated carbocycles. The van der Waals surface area contributed by atoms with Crippen molar-refractivity contribution in [1.29, 1.82) is 0 Å². The second kappa shape index (κ2) is 2.90. The molecule has 0 unspecified atom stereocenters. The number of aromatic amines is 1. The molecule has 0 spiro atoms. The van der Waals surface area contributed by atoms with Crippen molar-refractivity contribution in [2.24, 2.45) is 0 Å². The summed E-state index contributed by atoms with van der Waals surface area (Å²) in [5.41, 5.74) is 8.34. The van der Waals surface area contributed by atoms with E-state index in [1.807, 2.05) is 19.1 Å². The van der Waals surface area contributed by atoms with E-state index in [1.54, 1.807) is 12.4 Å². The van der Waals surface area contributed by atoms with E-state index in [9.17, 15) is 0 Å². The first-order valence-corrected chi connectivity index (χ1v) is 3.99. The van der Waals surface area contributed by atoms with Gasteiger partial charge in [0.05, 0.1) is 17.6 Å². The maximum Gasteiger partial charge on any atom is 0.197 e. The number of pyridine rings is 1. The number of nitrogens with two attached hydrogens (primary N) is 1. The van der Waals surface area contributed by atoms with Gasteiger partial charge in [0.25, 0.3) is 0 Å². The van der Waals surface area contributed by atoms with Crippen molar-refractivity contribution in [1.82, 2.24) is 15.0 Å². The molecule has 13 heavy (non-hydrogen) atoms. The van der Waals surface area contributed by atoms with Crippen molar-refractivity contribution in [3.63, 3.8) is 0 Å². The van der Waals surface area contributed by atoms with Gasteiger partial charge in [0, 0.05) is 6.20 Å². The zero-order valence-electron chi connectivity index (χ0n) is 7.28. The average Bonchev–Trinajstić information content (AvgIpc) is 2.52. The number of rotatable bonds is 1. The Bertz CT molecular complexity index is 419. The number of imidazole rings is 1. The van der Waals surface area contributed by atoms with Gasteiger partial charge in [-0.3, -0.25) is 4.98 Å². The van der Waals surface area contributed by atoms with Crippen molar-refractivity contribution >= 4 is 5.95 Å². The third kappa shape index (κ3) is 1.51. The molecule has 0 aromatic carbocycles. The highest BCUT2D eigenvalue weighted by Crippen LogP contribution is 2.15. The molecule has 66 valence electrons. The quantitative estimate of drug-likeness (QED) is 0.686. The fourth-order valence-electron chi connectivity index (χ4n) is 1.15. The summed E-state index contributed by atoms with van der Waals surface area (Å²) < 4.78 is 0. The zero-order chi connectivity index (χ0) is 9.26. The fraction of sp³-hybridized carbons (Fsp3) is 0.111. The Kier molecular flexibility index (Phi) is 1.73. The Hall–Kier alpha value is -1.84. The third-order valence-corrected chi connectivity index (χ3v) is 1.79. The van der Waals surface area contributed by atoms with E-state index in [0.717, 1.165) is 17.0 Å². The van der Waals surface area contributed by atoms with Gasteiger partial charge in [-0.05, 0) is 24.6 Å². The fourth-order valence-corrected chi connectivity index (χ4v) is 1.15. The minimum Gasteiger partial charge on any atom is -0.369 e. The molecule has 2 rings (SSSR count). The van der Waals surface area contributed by atoms with Gasteiger partial charge in [0.1, 0.15) is 0 Å². The second-order valence-electron chi connectivity index (χ2n) is 2.90. The van der Waals surface area contributed by atoms with E-state index in [2.05, 4.69) is 15.0 Å². The van der Waals surface area contributed by atoms with Crippen LogP contribution in [0.3, 0.4) is 0 Å². The molecule has 0 amide bonds. The van der Waals surface area contributed by atoms with E-state index in [4.69, 9.17) is 5.73 Å². The summed E-state index contributed by atoms with van der Waals surface area (Å²) in [5.74, 6) is 0.415. The molecule has 4 heteroatoms. The maximum atomic E-state index is 5.46. The monoisotopic (exact) mass is 174 g/mol. The molecule has 0 radical (unpaired) electrons. The zero-order valence-corrected chi connectivity index (χ0v) is 7.28. The Morgan fingerprint density at radius 2 is 2.23 bits per heavy atom. The summed E-state index contributed by atoms with van der Waals surface area (Å²) in [6.07, 6.45) is 3.44. The lowest BCUT2D eigenvalue weighted by Gasteiger charge is -1.96. The van der Waals surface area contributed by atoms with Crippen LogP contribution < -0.4 is 5.73 Å². The van der Waals surface area contributed by atoms with E-state index < -0.39 is 0 Å². The van der Waals surface area contributed by atoms with E-state index in [-0.39, 0.29) is 0 Å². The highest BCUT2D eigenvalue weighted by atomic mass is 15.0. The Labute approximate surface area is 75.8 Å². The van der Waals surface area contributed by atoms with Gasteiger partial charge in [0.2, 0.25) is 0 Å². The SMILES string of the molecule is Cc1ccnc(-c2cnc(N)[nH]2)c1. The first kappa shape index (κ1) is 7.79. The normalized spacial score (nSPS) is 10.2. The van der Waals surface area contributed by atoms with E-state index >= 15 is 0 Å². The number of aromatic nitrogens is 3. The van der Waals surface area contributed by atoms with Crippen molar-refractivity contribution in [3.05, 3.63) is 30.1 Å². The molecular weight excluding hydrogens is 164 g/mol. The van der Waals surface area contributed by atoms with Crippen LogP contribution in [0.2, 0.25) is 0 Å². The standard InChI is InChI=1S/C9H10N4/c1-6-2-3-11-7(4-6)8-5-12-9(10)13-8/h2-5H,1H3,(H3,10,12,13). The molecule has 4 nitrogen and oxygen atoms in total. The summed E-state index contributed by atoms with van der Waals surface area (Å²) in [4.78, 5) is 11.0. The molecule has 3 N–H and O–H groups in total. The Morgan fingerprint density at radius 1 is 1.38 bits per heavy atom. The molecule has 2 aromatic heterocycles. The number of hydrogen-bond donors (Lipinski definition) is 2. The van der Waals surface area contributed by atoms with Gasteiger partial charge in [-0.1, -0.05) is 0 Å². The smallest absolute Gasteiger partial charge is 0.197 e. The molecule has 0 aliphatic rings. The molecule has 0 fully saturated rings. The molecule has 0 atom stereocenters. The van der Waals surface area contributed by atoms with Gasteiger partial charge in [-0.25, -0.2) is 4.98 Å². The van der Waals surface area contributed by atoms with Gasteiger partial charge < -0.3 is 10.7 Å². The van der Waals surface area contributed by atoms with Crippen LogP contribution in [0.5, 0.6) is 0 Å². The van der Waals surface area contributed by atoms with Crippen LogP contribution in [0.25, 0.3) is 11.4 Å². The number of nitrogen functional groups attached to an aromatic ring is 1. The van der Waals surface area contributed by atoms with Crippen molar-refractivity contribution in [2.75, 3.05) is 5.73 Å². The van der Waals surface area contributed by atoms with E-state index in [0.29, 0.717) is 5.95 Å². The van der Waals surface area contributed by atoms with Crippen LogP contribution in [-0.2, 0) is 0 Å². The van der Waals surface area contributed by atoms with Crippen LogP contribution >= 0.6 is 0 Å². The van der Waals surface area contributed by atoms with Gasteiger partial charge in [0.15, 0.2) is 5.95 Å². The van der Waals surface area contributed by atoms with Crippen LogP contribution in [0, 0.1) is 6.92 Å². The van der Waals surface area contributed by atoms with Gasteiger partial charge >= 0.3 is 0 Å². The number of hydrogen-bond acceptors (Lipinski definition) is 3. The lowest BCUT2D eigenvalue weighted by molar-refractivity contribution is 1.25. The number of anilines is 1. The molecule has 0 aliphatic heterocycles. The second-order valence-corrected chi connectivity index (χ2v) is 2.90. The van der Waals surface area contributed by atoms with Crippen LogP contribution in [0.1, 0.15) is 5.56 Å². The molecular formula is C9H10N4. The minimum atomic E-state index is 0.415. The summed E-state index contributed by atoms with van der Waals surface area (Å²) in [6.45, 7) is 2.02. The first-order chi connectivity index (χ1) is 6.25. The van der Waals surface area contributed by atoms with E-state index in [1.165, 1.54) is 0 Å². The topological polar surface area (TPSA) is 67.6 Å². The first-order valence-electron chi connectivity index (χ1n) is 3.99. The Morgan fingerprint density at radius 3 is 2.85 bits per heavy atom. The van der Waals surface area contributed by atoms with Gasteiger partial charge in [-0.2, -0.15) is 0 Å². The van der Waals surface area contributed by atoms with Crippen LogP contribution in [-0.4, -0.2) is 15.0 Å². The van der Waals surface area contributed by atoms with Gasteiger partial charge in [-0.15, -0.1) is 0 Å².